The lowest BCUT2D eigenvalue weighted by Crippen LogP contribution is -2.14. The number of esters is 1. The van der Waals surface area contributed by atoms with Crippen LogP contribution in [0.1, 0.15) is 17.3 Å². The van der Waals surface area contributed by atoms with E-state index in [-0.39, 0.29) is 11.7 Å². The van der Waals surface area contributed by atoms with Gasteiger partial charge in [0.2, 0.25) is 5.91 Å². The van der Waals surface area contributed by atoms with Crippen molar-refractivity contribution in [1.82, 2.24) is 19.8 Å². The Morgan fingerprint density at radius 1 is 1.00 bits per heavy atom. The molecular formula is C23H21N5O4S. The van der Waals surface area contributed by atoms with E-state index in [1.54, 1.807) is 54.9 Å². The summed E-state index contributed by atoms with van der Waals surface area (Å²) in [7, 11) is 1.61. The van der Waals surface area contributed by atoms with E-state index in [9.17, 15) is 9.59 Å². The van der Waals surface area contributed by atoms with Crippen LogP contribution in [0.3, 0.4) is 0 Å². The largest absolute Gasteiger partial charge is 0.497 e. The third-order valence-electron chi connectivity index (χ3n) is 4.62. The van der Waals surface area contributed by atoms with Gasteiger partial charge in [-0.1, -0.05) is 11.8 Å². The van der Waals surface area contributed by atoms with Crippen LogP contribution in [0.5, 0.6) is 5.75 Å². The number of carbonyl (C=O) groups excluding carboxylic acids is 2. The summed E-state index contributed by atoms with van der Waals surface area (Å²) in [5.74, 6) is 0.929. The van der Waals surface area contributed by atoms with Crippen LogP contribution in [0.25, 0.3) is 17.0 Å². The lowest BCUT2D eigenvalue weighted by atomic mass is 10.2. The number of thioether (sulfide) groups is 1. The molecule has 1 N–H and O–H groups in total. The molecule has 0 spiro atoms. The van der Waals surface area contributed by atoms with Crippen LogP contribution in [0.4, 0.5) is 5.69 Å². The Balaban J connectivity index is 1.40. The molecule has 0 bridgehead atoms. The Bertz CT molecular complexity index is 1270. The van der Waals surface area contributed by atoms with Gasteiger partial charge in [-0.15, -0.1) is 10.2 Å². The van der Waals surface area contributed by atoms with Gasteiger partial charge in [0.25, 0.3) is 0 Å². The number of amides is 1. The number of ether oxygens (including phenoxy) is 2. The van der Waals surface area contributed by atoms with Crippen LogP contribution < -0.4 is 10.1 Å². The molecule has 2 heterocycles. The number of hydrogen-bond donors (Lipinski definition) is 1. The molecule has 0 aliphatic carbocycles. The zero-order valence-electron chi connectivity index (χ0n) is 18.0. The van der Waals surface area contributed by atoms with Gasteiger partial charge in [-0.25, -0.2) is 4.79 Å². The van der Waals surface area contributed by atoms with Gasteiger partial charge in [-0.2, -0.15) is 9.61 Å². The highest BCUT2D eigenvalue weighted by Crippen LogP contribution is 2.23. The minimum Gasteiger partial charge on any atom is -0.497 e. The molecule has 9 nitrogen and oxygen atoms in total. The van der Waals surface area contributed by atoms with E-state index in [1.807, 2.05) is 24.3 Å². The van der Waals surface area contributed by atoms with Crippen molar-refractivity contribution in [3.63, 3.8) is 0 Å². The van der Waals surface area contributed by atoms with Crippen LogP contribution >= 0.6 is 11.8 Å². The summed E-state index contributed by atoms with van der Waals surface area (Å²) in [5.41, 5.74) is 2.49. The zero-order valence-corrected chi connectivity index (χ0v) is 18.8. The first-order valence-corrected chi connectivity index (χ1v) is 11.1. The molecular weight excluding hydrogens is 442 g/mol. The van der Waals surface area contributed by atoms with Gasteiger partial charge in [0.1, 0.15) is 10.8 Å². The Hall–Kier alpha value is -3.92. The molecule has 4 rings (SSSR count). The minimum atomic E-state index is -0.393. The topological polar surface area (TPSA) is 108 Å². The third-order valence-corrected chi connectivity index (χ3v) is 5.54. The lowest BCUT2D eigenvalue weighted by molar-refractivity contribution is -0.113. The number of rotatable bonds is 8. The Kier molecular flexibility index (Phi) is 6.84. The second kappa shape index (κ2) is 10.1. The van der Waals surface area contributed by atoms with Gasteiger partial charge >= 0.3 is 5.97 Å². The maximum absolute atomic E-state index is 12.4. The molecule has 0 aliphatic heterocycles. The second-order valence-electron chi connectivity index (χ2n) is 6.83. The normalized spacial score (nSPS) is 10.7. The number of aromatic nitrogens is 4. The first kappa shape index (κ1) is 22.3. The molecule has 2 aromatic heterocycles. The molecule has 0 fully saturated rings. The van der Waals surface area contributed by atoms with E-state index in [0.29, 0.717) is 34.4 Å². The van der Waals surface area contributed by atoms with Crippen LogP contribution in [0.15, 0.2) is 65.7 Å². The first-order valence-electron chi connectivity index (χ1n) is 10.1. The molecule has 0 saturated carbocycles. The summed E-state index contributed by atoms with van der Waals surface area (Å²) in [4.78, 5) is 24.1. The number of anilines is 1. The number of fused-ring (bicyclic) bond motifs is 1. The fourth-order valence-electron chi connectivity index (χ4n) is 3.01. The number of nitrogens with one attached hydrogen (secondary N) is 1. The Morgan fingerprint density at radius 3 is 2.45 bits per heavy atom. The standard InChI is InChI=1S/C23H21N5O4S/c1-3-32-23(30)16-4-8-17(9-5-16)24-20(29)14-33-21-13-12-19-25-26-22(28(19)27-21)15-6-10-18(31-2)11-7-15/h4-13H,3,14H2,1-2H3,(H,24,29). The highest BCUT2D eigenvalue weighted by molar-refractivity contribution is 7.99. The summed E-state index contributed by atoms with van der Waals surface area (Å²) in [5, 5.41) is 16.4. The van der Waals surface area contributed by atoms with E-state index in [2.05, 4.69) is 20.6 Å². The highest BCUT2D eigenvalue weighted by Gasteiger charge is 2.12. The monoisotopic (exact) mass is 463 g/mol. The van der Waals surface area contributed by atoms with E-state index >= 15 is 0 Å². The van der Waals surface area contributed by atoms with E-state index in [0.717, 1.165) is 11.3 Å². The smallest absolute Gasteiger partial charge is 0.338 e. The molecule has 2 aromatic carbocycles. The molecule has 0 aliphatic rings. The Morgan fingerprint density at radius 2 is 1.76 bits per heavy atom. The molecule has 1 amide bonds. The van der Waals surface area contributed by atoms with Crippen molar-refractivity contribution in [2.24, 2.45) is 0 Å². The predicted octanol–water partition coefficient (Wildman–Crippen LogP) is 3.71. The van der Waals surface area contributed by atoms with Crippen molar-refractivity contribution < 1.29 is 19.1 Å². The molecule has 0 saturated heterocycles. The fourth-order valence-corrected chi connectivity index (χ4v) is 3.66. The summed E-state index contributed by atoms with van der Waals surface area (Å²) in [6.45, 7) is 2.06. The van der Waals surface area contributed by atoms with Crippen molar-refractivity contribution in [3.05, 3.63) is 66.2 Å². The van der Waals surface area contributed by atoms with Gasteiger partial charge < -0.3 is 14.8 Å². The van der Waals surface area contributed by atoms with Crippen LogP contribution in [0.2, 0.25) is 0 Å². The van der Waals surface area contributed by atoms with Gasteiger partial charge in [0.15, 0.2) is 11.5 Å². The van der Waals surface area contributed by atoms with Gasteiger partial charge in [0.05, 0.1) is 25.0 Å². The van der Waals surface area contributed by atoms with E-state index in [1.165, 1.54) is 11.8 Å². The molecule has 0 atom stereocenters. The summed E-state index contributed by atoms with van der Waals surface area (Å²) in [6, 6.07) is 17.6. The molecule has 4 aromatic rings. The quantitative estimate of drug-likeness (QED) is 0.311. The lowest BCUT2D eigenvalue weighted by Gasteiger charge is -2.07. The maximum Gasteiger partial charge on any atom is 0.338 e. The summed E-state index contributed by atoms with van der Waals surface area (Å²) < 4.78 is 11.8. The molecule has 168 valence electrons. The second-order valence-corrected chi connectivity index (χ2v) is 7.82. The molecule has 0 radical (unpaired) electrons. The van der Waals surface area contributed by atoms with Crippen molar-refractivity contribution in [2.45, 2.75) is 11.9 Å². The van der Waals surface area contributed by atoms with Crippen LogP contribution in [0, 0.1) is 0 Å². The van der Waals surface area contributed by atoms with E-state index in [4.69, 9.17) is 9.47 Å². The van der Waals surface area contributed by atoms with Crippen LogP contribution in [-0.2, 0) is 9.53 Å². The Labute approximate surface area is 194 Å². The van der Waals surface area contributed by atoms with Crippen molar-refractivity contribution in [2.75, 3.05) is 24.8 Å². The fraction of sp³-hybridized carbons (Fsp3) is 0.174. The van der Waals surface area contributed by atoms with Crippen molar-refractivity contribution >= 4 is 35.0 Å². The number of hydrogen-bond acceptors (Lipinski definition) is 8. The van der Waals surface area contributed by atoms with Gasteiger partial charge in [-0.05, 0) is 67.6 Å². The average Bonchev–Trinajstić information content (AvgIpc) is 3.27. The third kappa shape index (κ3) is 5.29. The molecule has 0 unspecified atom stereocenters. The minimum absolute atomic E-state index is 0.165. The maximum atomic E-state index is 12.4. The molecule has 10 heteroatoms. The van der Waals surface area contributed by atoms with E-state index < -0.39 is 5.97 Å². The van der Waals surface area contributed by atoms with Crippen molar-refractivity contribution in [3.8, 4) is 17.1 Å². The van der Waals surface area contributed by atoms with Gasteiger partial charge in [-0.3, -0.25) is 4.79 Å². The van der Waals surface area contributed by atoms with Crippen molar-refractivity contribution in [1.29, 1.82) is 0 Å². The zero-order chi connectivity index (χ0) is 23.2. The number of methoxy groups -OCH3 is 1. The van der Waals surface area contributed by atoms with Gasteiger partial charge in [0, 0.05) is 11.3 Å². The number of carbonyl (C=O) groups is 2. The summed E-state index contributed by atoms with van der Waals surface area (Å²) >= 11 is 1.30. The molecule has 33 heavy (non-hydrogen) atoms. The van der Waals surface area contributed by atoms with Crippen LogP contribution in [-0.4, -0.2) is 51.2 Å². The predicted molar refractivity (Wildman–Crippen MR) is 125 cm³/mol. The average molecular weight is 464 g/mol. The number of nitrogens with zero attached hydrogens (tertiary/aromatic N) is 4. The first-order chi connectivity index (χ1) is 16.1. The SMILES string of the molecule is CCOC(=O)c1ccc(NC(=O)CSc2ccc3nnc(-c4ccc(OC)cc4)n3n2)cc1. The highest BCUT2D eigenvalue weighted by atomic mass is 32.2. The summed E-state index contributed by atoms with van der Waals surface area (Å²) in [6.07, 6.45) is 0. The number of benzene rings is 2.